The van der Waals surface area contributed by atoms with Gasteiger partial charge in [0, 0.05) is 6.07 Å². The second-order valence-corrected chi connectivity index (χ2v) is 3.97. The van der Waals surface area contributed by atoms with Crippen molar-refractivity contribution in [1.29, 1.82) is 0 Å². The van der Waals surface area contributed by atoms with Gasteiger partial charge in [0.05, 0.1) is 12.2 Å². The van der Waals surface area contributed by atoms with Gasteiger partial charge in [-0.15, -0.1) is 6.42 Å². The molecule has 2 N–H and O–H groups in total. The zero-order valence-corrected chi connectivity index (χ0v) is 10.6. The Kier molecular flexibility index (Phi) is 5.03. The number of terminal acetylenes is 1. The average Bonchev–Trinajstić information content (AvgIpc) is 2.34. The molecule has 0 aliphatic rings. The number of urea groups is 1. The Morgan fingerprint density at radius 3 is 2.60 bits per heavy atom. The van der Waals surface area contributed by atoms with E-state index in [0.29, 0.717) is 0 Å². The van der Waals surface area contributed by atoms with Gasteiger partial charge in [-0.05, 0) is 18.6 Å². The first-order valence-corrected chi connectivity index (χ1v) is 5.52. The zero-order chi connectivity index (χ0) is 15.3. The minimum absolute atomic E-state index is 0.0894. The van der Waals surface area contributed by atoms with Crippen LogP contribution in [0.25, 0.3) is 0 Å². The molecule has 20 heavy (non-hydrogen) atoms. The van der Waals surface area contributed by atoms with Gasteiger partial charge in [-0.1, -0.05) is 5.92 Å². The van der Waals surface area contributed by atoms with E-state index in [1.54, 1.807) is 0 Å². The van der Waals surface area contributed by atoms with E-state index in [9.17, 15) is 18.4 Å². The van der Waals surface area contributed by atoms with E-state index in [1.165, 1.54) is 6.92 Å². The van der Waals surface area contributed by atoms with Gasteiger partial charge in [0.1, 0.15) is 18.2 Å². The molecule has 0 saturated carbocycles. The third kappa shape index (κ3) is 3.95. The number of nitrogens with zero attached hydrogens (tertiary/aromatic N) is 1. The molecule has 1 rings (SSSR count). The Balaban J connectivity index is 2.91. The third-order valence-corrected chi connectivity index (χ3v) is 2.39. The molecule has 0 radical (unpaired) electrons. The number of aryl methyl sites for hydroxylation is 1. The summed E-state index contributed by atoms with van der Waals surface area (Å²) >= 11 is 0. The van der Waals surface area contributed by atoms with E-state index in [0.717, 1.165) is 17.0 Å². The molecule has 0 unspecified atom stereocenters. The second-order valence-electron chi connectivity index (χ2n) is 3.97. The van der Waals surface area contributed by atoms with Crippen LogP contribution in [0, 0.1) is 30.9 Å². The van der Waals surface area contributed by atoms with Crippen molar-refractivity contribution in [3.8, 4) is 12.3 Å². The maximum atomic E-state index is 13.5. The SMILES string of the molecule is C#CCN(CC(=O)O)C(=O)Nc1cc(F)c(C)cc1F. The highest BCUT2D eigenvalue weighted by Gasteiger charge is 2.18. The Labute approximate surface area is 114 Å². The summed E-state index contributed by atoms with van der Waals surface area (Å²) in [6.07, 6.45) is 5.01. The Morgan fingerprint density at radius 1 is 1.40 bits per heavy atom. The Bertz CT molecular complexity index is 582. The highest BCUT2D eigenvalue weighted by molar-refractivity contribution is 5.91. The molecule has 0 heterocycles. The molecule has 0 spiro atoms. The summed E-state index contributed by atoms with van der Waals surface area (Å²) < 4.78 is 26.9. The molecule has 0 atom stereocenters. The fraction of sp³-hybridized carbons (Fsp3) is 0.231. The number of hydrogen-bond donors (Lipinski definition) is 2. The minimum atomic E-state index is -1.27. The van der Waals surface area contributed by atoms with Gasteiger partial charge in [-0.3, -0.25) is 4.79 Å². The Morgan fingerprint density at radius 2 is 2.05 bits per heavy atom. The minimum Gasteiger partial charge on any atom is -0.480 e. The van der Waals surface area contributed by atoms with Crippen LogP contribution in [-0.4, -0.2) is 35.1 Å². The molecule has 0 aliphatic carbocycles. The van der Waals surface area contributed by atoms with Gasteiger partial charge in [0.2, 0.25) is 0 Å². The number of carbonyl (C=O) groups is 2. The van der Waals surface area contributed by atoms with Crippen molar-refractivity contribution in [2.24, 2.45) is 0 Å². The average molecular weight is 282 g/mol. The van der Waals surface area contributed by atoms with Gasteiger partial charge >= 0.3 is 12.0 Å². The molecule has 0 fully saturated rings. The molecular weight excluding hydrogens is 270 g/mol. The van der Waals surface area contributed by atoms with E-state index < -0.39 is 30.2 Å². The normalized spacial score (nSPS) is 9.70. The summed E-state index contributed by atoms with van der Waals surface area (Å²) in [6.45, 7) is 0.458. The number of benzene rings is 1. The summed E-state index contributed by atoms with van der Waals surface area (Å²) in [5.74, 6) is -0.680. The molecular formula is C13H12F2N2O3. The first kappa shape index (κ1) is 15.4. The lowest BCUT2D eigenvalue weighted by molar-refractivity contribution is -0.137. The van der Waals surface area contributed by atoms with E-state index in [-0.39, 0.29) is 17.8 Å². The standard InChI is InChI=1S/C13H12F2N2O3/c1-3-4-17(7-12(18)19)13(20)16-11-6-9(14)8(2)5-10(11)15/h1,5-6H,4,7H2,2H3,(H,16,20)(H,18,19). The first-order chi connectivity index (χ1) is 9.35. The summed E-state index contributed by atoms with van der Waals surface area (Å²) in [5.41, 5.74) is -0.294. The predicted molar refractivity (Wildman–Crippen MR) is 68.2 cm³/mol. The number of hydrogen-bond acceptors (Lipinski definition) is 2. The quantitative estimate of drug-likeness (QED) is 0.828. The van der Waals surface area contributed by atoms with Gasteiger partial charge in [0.25, 0.3) is 0 Å². The predicted octanol–water partition coefficient (Wildman–Crippen LogP) is 1.82. The molecule has 106 valence electrons. The molecule has 5 nitrogen and oxygen atoms in total. The number of aliphatic carboxylic acids is 1. The lowest BCUT2D eigenvalue weighted by Crippen LogP contribution is -2.39. The summed E-state index contributed by atoms with van der Waals surface area (Å²) in [7, 11) is 0. The van der Waals surface area contributed by atoms with Crippen LogP contribution in [0.4, 0.5) is 19.3 Å². The van der Waals surface area contributed by atoms with E-state index in [1.807, 2.05) is 0 Å². The molecule has 1 aromatic rings. The van der Waals surface area contributed by atoms with Crippen molar-refractivity contribution in [3.63, 3.8) is 0 Å². The number of amides is 2. The smallest absolute Gasteiger partial charge is 0.323 e. The summed E-state index contributed by atoms with van der Waals surface area (Å²) in [6, 6.07) is 0.818. The number of anilines is 1. The third-order valence-electron chi connectivity index (χ3n) is 2.39. The maximum Gasteiger partial charge on any atom is 0.323 e. The van der Waals surface area contributed by atoms with Crippen LogP contribution in [0.3, 0.4) is 0 Å². The van der Waals surface area contributed by atoms with Crippen LogP contribution in [0.2, 0.25) is 0 Å². The van der Waals surface area contributed by atoms with E-state index in [2.05, 4.69) is 11.2 Å². The highest BCUT2D eigenvalue weighted by Crippen LogP contribution is 2.19. The number of halogens is 2. The first-order valence-electron chi connectivity index (χ1n) is 5.52. The fourth-order valence-electron chi connectivity index (χ4n) is 1.41. The van der Waals surface area contributed by atoms with E-state index >= 15 is 0 Å². The molecule has 0 aromatic heterocycles. The van der Waals surface area contributed by atoms with Crippen LogP contribution in [0.15, 0.2) is 12.1 Å². The number of rotatable bonds is 4. The maximum absolute atomic E-state index is 13.5. The summed E-state index contributed by atoms with van der Waals surface area (Å²) in [5, 5.41) is 10.7. The van der Waals surface area contributed by atoms with Crippen molar-refractivity contribution < 1.29 is 23.5 Å². The van der Waals surface area contributed by atoms with E-state index in [4.69, 9.17) is 11.5 Å². The summed E-state index contributed by atoms with van der Waals surface area (Å²) in [4.78, 5) is 23.1. The van der Waals surface area contributed by atoms with Gasteiger partial charge in [-0.2, -0.15) is 0 Å². The number of nitrogens with one attached hydrogen (secondary N) is 1. The van der Waals surface area contributed by atoms with Crippen LogP contribution in [0.1, 0.15) is 5.56 Å². The van der Waals surface area contributed by atoms with Crippen LogP contribution in [-0.2, 0) is 4.79 Å². The fourth-order valence-corrected chi connectivity index (χ4v) is 1.41. The van der Waals surface area contributed by atoms with Gasteiger partial charge in [-0.25, -0.2) is 13.6 Å². The molecule has 0 bridgehead atoms. The van der Waals surface area contributed by atoms with Gasteiger partial charge < -0.3 is 15.3 Å². The zero-order valence-electron chi connectivity index (χ0n) is 10.6. The van der Waals surface area contributed by atoms with Gasteiger partial charge in [0.15, 0.2) is 0 Å². The molecule has 1 aromatic carbocycles. The van der Waals surface area contributed by atoms with Crippen molar-refractivity contribution in [2.75, 3.05) is 18.4 Å². The van der Waals surface area contributed by atoms with Crippen molar-refractivity contribution in [3.05, 3.63) is 29.3 Å². The largest absolute Gasteiger partial charge is 0.480 e. The number of carbonyl (C=O) groups excluding carboxylic acids is 1. The number of carboxylic acids is 1. The van der Waals surface area contributed by atoms with Crippen molar-refractivity contribution in [1.82, 2.24) is 4.90 Å². The Hall–Kier alpha value is -2.62. The lowest BCUT2D eigenvalue weighted by Gasteiger charge is -2.19. The molecule has 7 heteroatoms. The van der Waals surface area contributed by atoms with Crippen LogP contribution >= 0.6 is 0 Å². The molecule has 2 amide bonds. The van der Waals surface area contributed by atoms with Crippen molar-refractivity contribution >= 4 is 17.7 Å². The number of carboxylic acid groups (broad SMARTS) is 1. The molecule has 0 aliphatic heterocycles. The van der Waals surface area contributed by atoms with Crippen LogP contribution in [0.5, 0.6) is 0 Å². The van der Waals surface area contributed by atoms with Crippen molar-refractivity contribution in [2.45, 2.75) is 6.92 Å². The van der Waals surface area contributed by atoms with Crippen LogP contribution < -0.4 is 5.32 Å². The monoisotopic (exact) mass is 282 g/mol. The topological polar surface area (TPSA) is 69.6 Å². The molecule has 0 saturated heterocycles. The lowest BCUT2D eigenvalue weighted by atomic mass is 10.2. The highest BCUT2D eigenvalue weighted by atomic mass is 19.1. The second kappa shape index (κ2) is 6.52.